The van der Waals surface area contributed by atoms with Crippen LogP contribution in [-0.2, 0) is 16.0 Å². The lowest BCUT2D eigenvalue weighted by Gasteiger charge is -2.28. The van der Waals surface area contributed by atoms with Gasteiger partial charge in [0.1, 0.15) is 12.4 Å². The number of benzene rings is 1. The maximum Gasteiger partial charge on any atom is 0.229 e. The molecule has 4 nitrogen and oxygen atoms in total. The van der Waals surface area contributed by atoms with Gasteiger partial charge in [-0.25, -0.2) is 0 Å². The van der Waals surface area contributed by atoms with E-state index in [1.807, 2.05) is 29.2 Å². The van der Waals surface area contributed by atoms with E-state index in [0.717, 1.165) is 30.7 Å². The highest BCUT2D eigenvalue weighted by atomic mass is 16.5. The summed E-state index contributed by atoms with van der Waals surface area (Å²) in [4.78, 5) is 14.4. The van der Waals surface area contributed by atoms with Crippen LogP contribution in [0.2, 0.25) is 0 Å². The molecule has 0 bridgehead atoms. The summed E-state index contributed by atoms with van der Waals surface area (Å²) in [6.07, 6.45) is 1.91. The third-order valence-corrected chi connectivity index (χ3v) is 4.02. The molecular weight excluding hydrogens is 242 g/mol. The minimum Gasteiger partial charge on any atom is -0.492 e. The maximum atomic E-state index is 12.5. The first-order chi connectivity index (χ1) is 9.28. The minimum atomic E-state index is -0.0505. The molecule has 4 heteroatoms. The van der Waals surface area contributed by atoms with E-state index in [4.69, 9.17) is 9.47 Å². The Balaban J connectivity index is 1.66. The molecule has 2 atom stereocenters. The fourth-order valence-electron chi connectivity index (χ4n) is 2.87. The summed E-state index contributed by atoms with van der Waals surface area (Å²) in [5.74, 6) is 1.07. The predicted octanol–water partition coefficient (Wildman–Crippen LogP) is 1.48. The lowest BCUT2D eigenvalue weighted by molar-refractivity contribution is -0.136. The van der Waals surface area contributed by atoms with Crippen LogP contribution in [0.15, 0.2) is 24.3 Å². The molecule has 3 rings (SSSR count). The molecule has 0 spiro atoms. The van der Waals surface area contributed by atoms with Crippen LogP contribution < -0.4 is 4.74 Å². The SMILES string of the molecule is CO[C@@H]1CCN(C(=O)C2COc3ccccc3C2)C1. The van der Waals surface area contributed by atoms with E-state index in [2.05, 4.69) is 0 Å². The van der Waals surface area contributed by atoms with Crippen LogP contribution in [0.1, 0.15) is 12.0 Å². The van der Waals surface area contributed by atoms with Gasteiger partial charge in [0.25, 0.3) is 0 Å². The summed E-state index contributed by atoms with van der Waals surface area (Å²) in [5.41, 5.74) is 1.13. The molecule has 0 aliphatic carbocycles. The molecule has 19 heavy (non-hydrogen) atoms. The van der Waals surface area contributed by atoms with Crippen LogP contribution in [0.4, 0.5) is 0 Å². The molecule has 1 fully saturated rings. The fraction of sp³-hybridized carbons (Fsp3) is 0.533. The van der Waals surface area contributed by atoms with Gasteiger partial charge in [0.15, 0.2) is 0 Å². The van der Waals surface area contributed by atoms with Gasteiger partial charge in [0, 0.05) is 20.2 Å². The van der Waals surface area contributed by atoms with Crippen LogP contribution in [-0.4, -0.2) is 43.7 Å². The Bertz CT molecular complexity index is 474. The van der Waals surface area contributed by atoms with E-state index >= 15 is 0 Å². The molecule has 0 N–H and O–H groups in total. The first-order valence-corrected chi connectivity index (χ1v) is 6.80. The Kier molecular flexibility index (Phi) is 3.42. The first kappa shape index (κ1) is 12.5. The Morgan fingerprint density at radius 2 is 2.26 bits per heavy atom. The smallest absolute Gasteiger partial charge is 0.229 e. The lowest BCUT2D eigenvalue weighted by atomic mass is 9.95. The molecule has 2 heterocycles. The van der Waals surface area contributed by atoms with Crippen LogP contribution in [0, 0.1) is 5.92 Å². The van der Waals surface area contributed by atoms with E-state index in [1.54, 1.807) is 7.11 Å². The van der Waals surface area contributed by atoms with E-state index in [9.17, 15) is 4.79 Å². The summed E-state index contributed by atoms with van der Waals surface area (Å²) in [7, 11) is 1.71. The third-order valence-electron chi connectivity index (χ3n) is 4.02. The van der Waals surface area contributed by atoms with Gasteiger partial charge in [-0.15, -0.1) is 0 Å². The molecule has 2 aliphatic rings. The van der Waals surface area contributed by atoms with Crippen molar-refractivity contribution in [1.82, 2.24) is 4.90 Å². The van der Waals surface area contributed by atoms with Gasteiger partial charge in [-0.05, 0) is 24.5 Å². The topological polar surface area (TPSA) is 38.8 Å². The molecule has 1 amide bonds. The Labute approximate surface area is 113 Å². The number of hydrogen-bond acceptors (Lipinski definition) is 3. The van der Waals surface area contributed by atoms with Crippen molar-refractivity contribution in [3.8, 4) is 5.75 Å². The van der Waals surface area contributed by atoms with Crippen LogP contribution >= 0.6 is 0 Å². The number of carbonyl (C=O) groups is 1. The molecule has 1 aromatic carbocycles. The largest absolute Gasteiger partial charge is 0.492 e. The number of hydrogen-bond donors (Lipinski definition) is 0. The first-order valence-electron chi connectivity index (χ1n) is 6.80. The number of carbonyl (C=O) groups excluding carboxylic acids is 1. The van der Waals surface area contributed by atoms with E-state index in [0.29, 0.717) is 13.2 Å². The molecule has 1 aromatic rings. The minimum absolute atomic E-state index is 0.0505. The zero-order chi connectivity index (χ0) is 13.2. The van der Waals surface area contributed by atoms with Gasteiger partial charge in [0.05, 0.1) is 12.0 Å². The van der Waals surface area contributed by atoms with Crippen molar-refractivity contribution in [2.24, 2.45) is 5.92 Å². The van der Waals surface area contributed by atoms with Crippen LogP contribution in [0.5, 0.6) is 5.75 Å². The number of para-hydroxylation sites is 1. The molecular formula is C15H19NO3. The van der Waals surface area contributed by atoms with Crippen molar-refractivity contribution < 1.29 is 14.3 Å². The van der Waals surface area contributed by atoms with Gasteiger partial charge in [-0.3, -0.25) is 4.79 Å². The molecule has 0 aromatic heterocycles. The van der Waals surface area contributed by atoms with Gasteiger partial charge >= 0.3 is 0 Å². The Morgan fingerprint density at radius 3 is 3.05 bits per heavy atom. The fourth-order valence-corrected chi connectivity index (χ4v) is 2.87. The Hall–Kier alpha value is -1.55. The van der Waals surface area contributed by atoms with Crippen molar-refractivity contribution in [3.05, 3.63) is 29.8 Å². The summed E-state index contributed by atoms with van der Waals surface area (Å²) in [6.45, 7) is 2.01. The quantitative estimate of drug-likeness (QED) is 0.809. The van der Waals surface area contributed by atoms with Crippen molar-refractivity contribution in [2.45, 2.75) is 18.9 Å². The number of amides is 1. The molecule has 1 unspecified atom stereocenters. The van der Waals surface area contributed by atoms with Crippen LogP contribution in [0.3, 0.4) is 0 Å². The number of fused-ring (bicyclic) bond motifs is 1. The van der Waals surface area contributed by atoms with Gasteiger partial charge in [-0.1, -0.05) is 18.2 Å². The third kappa shape index (κ3) is 2.45. The van der Waals surface area contributed by atoms with Crippen molar-refractivity contribution in [3.63, 3.8) is 0 Å². The highest BCUT2D eigenvalue weighted by molar-refractivity contribution is 5.80. The second kappa shape index (κ2) is 5.21. The van der Waals surface area contributed by atoms with Crippen molar-refractivity contribution in [1.29, 1.82) is 0 Å². The van der Waals surface area contributed by atoms with Crippen LogP contribution in [0.25, 0.3) is 0 Å². The van der Waals surface area contributed by atoms with Gasteiger partial charge < -0.3 is 14.4 Å². The normalized spacial score (nSPS) is 25.8. The maximum absolute atomic E-state index is 12.5. The van der Waals surface area contributed by atoms with E-state index in [1.165, 1.54) is 0 Å². The number of rotatable bonds is 2. The number of methoxy groups -OCH3 is 1. The number of nitrogens with zero attached hydrogens (tertiary/aromatic N) is 1. The summed E-state index contributed by atoms with van der Waals surface area (Å²) in [6, 6.07) is 7.96. The highest BCUT2D eigenvalue weighted by Crippen LogP contribution is 2.28. The molecule has 0 radical (unpaired) electrons. The average molecular weight is 261 g/mol. The van der Waals surface area contributed by atoms with E-state index in [-0.39, 0.29) is 17.9 Å². The number of likely N-dealkylation sites (tertiary alicyclic amines) is 1. The molecule has 0 saturated carbocycles. The predicted molar refractivity (Wildman–Crippen MR) is 71.1 cm³/mol. The van der Waals surface area contributed by atoms with Gasteiger partial charge in [-0.2, -0.15) is 0 Å². The Morgan fingerprint density at radius 1 is 1.42 bits per heavy atom. The highest BCUT2D eigenvalue weighted by Gasteiger charge is 2.33. The summed E-state index contributed by atoms with van der Waals surface area (Å²) < 4.78 is 11.0. The standard InChI is InChI=1S/C15H19NO3/c1-18-13-6-7-16(9-13)15(17)12-8-11-4-2-3-5-14(11)19-10-12/h2-5,12-13H,6-10H2,1H3/t12?,13-/m1/s1. The summed E-state index contributed by atoms with van der Waals surface area (Å²) in [5, 5.41) is 0. The average Bonchev–Trinajstić information content (AvgIpc) is 2.95. The zero-order valence-corrected chi connectivity index (χ0v) is 11.2. The lowest BCUT2D eigenvalue weighted by Crippen LogP contribution is -2.40. The van der Waals surface area contributed by atoms with Crippen molar-refractivity contribution in [2.75, 3.05) is 26.8 Å². The zero-order valence-electron chi connectivity index (χ0n) is 11.2. The second-order valence-corrected chi connectivity index (χ2v) is 5.25. The second-order valence-electron chi connectivity index (χ2n) is 5.25. The van der Waals surface area contributed by atoms with Crippen molar-refractivity contribution >= 4 is 5.91 Å². The van der Waals surface area contributed by atoms with Gasteiger partial charge in [0.2, 0.25) is 5.91 Å². The van der Waals surface area contributed by atoms with E-state index < -0.39 is 0 Å². The molecule has 2 aliphatic heterocycles. The molecule has 102 valence electrons. The number of ether oxygens (including phenoxy) is 2. The molecule has 1 saturated heterocycles. The summed E-state index contributed by atoms with van der Waals surface area (Å²) >= 11 is 0. The monoisotopic (exact) mass is 261 g/mol.